The molecule has 8 nitrogen and oxygen atoms in total. The average molecular weight is 278 g/mol. The van der Waals surface area contributed by atoms with E-state index in [-0.39, 0.29) is 27.7 Å². The van der Waals surface area contributed by atoms with Crippen LogP contribution >= 0.6 is 11.3 Å². The molecular formula is C7H10N4O4S2. The number of hydrogen-bond donors (Lipinski definition) is 2. The van der Waals surface area contributed by atoms with Crippen LogP contribution in [0.3, 0.4) is 0 Å². The number of ketones is 1. The van der Waals surface area contributed by atoms with Crippen LogP contribution in [0.15, 0.2) is 4.34 Å². The Morgan fingerprint density at radius 1 is 1.29 bits per heavy atom. The fraction of sp³-hybridized carbons (Fsp3) is 0.429. The summed E-state index contributed by atoms with van der Waals surface area (Å²) in [4.78, 5) is 21.4. The monoisotopic (exact) mass is 278 g/mol. The molecule has 1 amide bonds. The van der Waals surface area contributed by atoms with E-state index in [9.17, 15) is 18.0 Å². The Morgan fingerprint density at radius 2 is 1.94 bits per heavy atom. The first-order valence-corrected chi connectivity index (χ1v) is 6.71. The highest BCUT2D eigenvalue weighted by molar-refractivity contribution is 7.91. The number of nitrogens with zero attached hydrogens (tertiary/aromatic N) is 2. The van der Waals surface area contributed by atoms with E-state index in [1.807, 2.05) is 0 Å². The molecule has 0 fully saturated rings. The smallest absolute Gasteiger partial charge is 0.270 e. The van der Waals surface area contributed by atoms with Gasteiger partial charge in [0.1, 0.15) is 5.78 Å². The van der Waals surface area contributed by atoms with E-state index in [1.54, 1.807) is 0 Å². The third-order valence-corrected chi connectivity index (χ3v) is 4.04. The molecule has 0 bridgehead atoms. The Labute approximate surface area is 101 Å². The maximum absolute atomic E-state index is 11.6. The van der Waals surface area contributed by atoms with Gasteiger partial charge in [-0.1, -0.05) is 11.3 Å². The standard InChI is InChI=1S/C7H10N4O4S2/c1-4(12)3-8-17(14,15)7-11-10-6(16-7)9-5(2)13/h8H,3H2,1-2H3,(H,9,10,13). The molecule has 2 N–H and O–H groups in total. The molecule has 1 heterocycles. The number of anilines is 1. The molecule has 10 heteroatoms. The third kappa shape index (κ3) is 4.17. The van der Waals surface area contributed by atoms with Crippen molar-refractivity contribution in [3.8, 4) is 0 Å². The lowest BCUT2D eigenvalue weighted by atomic mass is 10.5. The minimum Gasteiger partial charge on any atom is -0.301 e. The molecule has 0 unspecified atom stereocenters. The van der Waals surface area contributed by atoms with Gasteiger partial charge < -0.3 is 5.32 Å². The van der Waals surface area contributed by atoms with Gasteiger partial charge in [-0.05, 0) is 6.92 Å². The number of amides is 1. The molecule has 0 saturated heterocycles. The number of hydrogen-bond acceptors (Lipinski definition) is 7. The number of aromatic nitrogens is 2. The first kappa shape index (κ1) is 13.7. The van der Waals surface area contributed by atoms with Crippen molar-refractivity contribution in [2.45, 2.75) is 18.2 Å². The normalized spacial score (nSPS) is 11.2. The summed E-state index contributed by atoms with van der Waals surface area (Å²) in [6.45, 7) is 2.21. The molecule has 0 atom stereocenters. The Bertz CT molecular complexity index is 536. The molecule has 0 saturated carbocycles. The third-order valence-electron chi connectivity index (χ3n) is 1.43. The van der Waals surface area contributed by atoms with Crippen LogP contribution in [0, 0.1) is 0 Å². The van der Waals surface area contributed by atoms with Crippen molar-refractivity contribution in [1.82, 2.24) is 14.9 Å². The second-order valence-corrected chi connectivity index (χ2v) is 6.00. The highest BCUT2D eigenvalue weighted by Gasteiger charge is 2.20. The zero-order valence-corrected chi connectivity index (χ0v) is 10.7. The molecule has 1 rings (SSSR count). The molecule has 1 aromatic heterocycles. The number of carbonyl (C=O) groups excluding carboxylic acids is 2. The Morgan fingerprint density at radius 3 is 2.47 bits per heavy atom. The lowest BCUT2D eigenvalue weighted by Gasteiger charge is -1.99. The second-order valence-electron chi connectivity index (χ2n) is 3.08. The number of rotatable bonds is 5. The van der Waals surface area contributed by atoms with Crippen molar-refractivity contribution >= 4 is 38.2 Å². The Balaban J connectivity index is 2.81. The predicted molar refractivity (Wildman–Crippen MR) is 60.1 cm³/mol. The quantitative estimate of drug-likeness (QED) is 0.692. The lowest BCUT2D eigenvalue weighted by molar-refractivity contribution is -0.116. The number of carbonyl (C=O) groups is 2. The predicted octanol–water partition coefficient (Wildman–Crippen LogP) is -0.636. The van der Waals surface area contributed by atoms with Gasteiger partial charge in [0.25, 0.3) is 10.0 Å². The molecule has 0 aromatic carbocycles. The summed E-state index contributed by atoms with van der Waals surface area (Å²) in [7, 11) is -3.85. The Hall–Kier alpha value is -1.39. The minimum atomic E-state index is -3.85. The summed E-state index contributed by atoms with van der Waals surface area (Å²) in [5.74, 6) is -0.693. The summed E-state index contributed by atoms with van der Waals surface area (Å²) in [6, 6.07) is 0. The first-order chi connectivity index (χ1) is 7.81. The molecule has 94 valence electrons. The van der Waals surface area contributed by atoms with Crippen LogP contribution in [0.2, 0.25) is 0 Å². The summed E-state index contributed by atoms with van der Waals surface area (Å²) < 4.78 is 24.9. The molecule has 1 aromatic rings. The van der Waals surface area contributed by atoms with Crippen molar-refractivity contribution in [3.05, 3.63) is 0 Å². The van der Waals surface area contributed by atoms with E-state index in [0.717, 1.165) is 0 Å². The number of sulfonamides is 1. The van der Waals surface area contributed by atoms with Crippen molar-refractivity contribution in [2.75, 3.05) is 11.9 Å². The van der Waals surface area contributed by atoms with Crippen LogP contribution < -0.4 is 10.0 Å². The van der Waals surface area contributed by atoms with Gasteiger partial charge in [-0.25, -0.2) is 13.1 Å². The zero-order chi connectivity index (χ0) is 13.1. The highest BCUT2D eigenvalue weighted by Crippen LogP contribution is 2.19. The maximum Gasteiger partial charge on any atom is 0.270 e. The molecule has 0 aliphatic heterocycles. The lowest BCUT2D eigenvalue weighted by Crippen LogP contribution is -2.28. The fourth-order valence-electron chi connectivity index (χ4n) is 0.778. The summed E-state index contributed by atoms with van der Waals surface area (Å²) >= 11 is 0.704. The minimum absolute atomic E-state index is 0.0840. The Kier molecular flexibility index (Phi) is 4.26. The van der Waals surface area contributed by atoms with Crippen molar-refractivity contribution < 1.29 is 18.0 Å². The number of nitrogens with one attached hydrogen (secondary N) is 2. The van der Waals surface area contributed by atoms with Crippen molar-refractivity contribution in [2.24, 2.45) is 0 Å². The van der Waals surface area contributed by atoms with Crippen molar-refractivity contribution in [1.29, 1.82) is 0 Å². The van der Waals surface area contributed by atoms with E-state index in [2.05, 4.69) is 20.2 Å². The van der Waals surface area contributed by atoms with Crippen LogP contribution in [-0.4, -0.2) is 36.9 Å². The van der Waals surface area contributed by atoms with E-state index < -0.39 is 10.0 Å². The van der Waals surface area contributed by atoms with E-state index in [1.165, 1.54) is 13.8 Å². The van der Waals surface area contributed by atoms with Gasteiger partial charge in [0, 0.05) is 6.92 Å². The van der Waals surface area contributed by atoms with E-state index in [4.69, 9.17) is 0 Å². The average Bonchev–Trinajstić information content (AvgIpc) is 2.63. The highest BCUT2D eigenvalue weighted by atomic mass is 32.2. The number of Topliss-reactive ketones (excluding diaryl/α,β-unsaturated/α-hetero) is 1. The van der Waals surface area contributed by atoms with E-state index >= 15 is 0 Å². The SMILES string of the molecule is CC(=O)CNS(=O)(=O)c1nnc(NC(C)=O)s1. The van der Waals surface area contributed by atoms with Crippen molar-refractivity contribution in [3.63, 3.8) is 0 Å². The van der Waals surface area contributed by atoms with Crippen LogP contribution in [-0.2, 0) is 19.6 Å². The molecule has 0 aliphatic carbocycles. The topological polar surface area (TPSA) is 118 Å². The van der Waals surface area contributed by atoms with Crippen LogP contribution in [0.5, 0.6) is 0 Å². The van der Waals surface area contributed by atoms with Gasteiger partial charge in [0.05, 0.1) is 6.54 Å². The molecule has 17 heavy (non-hydrogen) atoms. The molecule has 0 spiro atoms. The van der Waals surface area contributed by atoms with Gasteiger partial charge in [-0.3, -0.25) is 9.59 Å². The summed E-state index contributed by atoms with van der Waals surface area (Å²) in [6.07, 6.45) is 0. The van der Waals surface area contributed by atoms with Gasteiger partial charge >= 0.3 is 0 Å². The first-order valence-electron chi connectivity index (χ1n) is 4.41. The fourth-order valence-corrected chi connectivity index (χ4v) is 2.82. The largest absolute Gasteiger partial charge is 0.301 e. The molecule has 0 radical (unpaired) electrons. The van der Waals surface area contributed by atoms with Crippen LogP contribution in [0.1, 0.15) is 13.8 Å². The summed E-state index contributed by atoms with van der Waals surface area (Å²) in [5.41, 5.74) is 0. The van der Waals surface area contributed by atoms with Gasteiger partial charge in [0.2, 0.25) is 15.4 Å². The van der Waals surface area contributed by atoms with E-state index in [0.29, 0.717) is 11.3 Å². The van der Waals surface area contributed by atoms with Gasteiger partial charge in [-0.15, -0.1) is 10.2 Å². The molecule has 0 aliphatic rings. The maximum atomic E-state index is 11.6. The zero-order valence-electron chi connectivity index (χ0n) is 9.05. The van der Waals surface area contributed by atoms with Gasteiger partial charge in [-0.2, -0.15) is 0 Å². The van der Waals surface area contributed by atoms with Gasteiger partial charge in [0.15, 0.2) is 0 Å². The van der Waals surface area contributed by atoms with Crippen LogP contribution in [0.25, 0.3) is 0 Å². The summed E-state index contributed by atoms with van der Waals surface area (Å²) in [5, 5.41) is 9.29. The molecular weight excluding hydrogens is 268 g/mol. The second kappa shape index (κ2) is 5.29. The van der Waals surface area contributed by atoms with Crippen LogP contribution in [0.4, 0.5) is 5.13 Å².